The maximum atomic E-state index is 13.0. The molecule has 6 nitrogen and oxygen atoms in total. The average Bonchev–Trinajstić information content (AvgIpc) is 3.15. The molecule has 30 heavy (non-hydrogen) atoms. The summed E-state index contributed by atoms with van der Waals surface area (Å²) in [6, 6.07) is 10.4. The molecule has 7 heteroatoms. The van der Waals surface area contributed by atoms with Gasteiger partial charge in [-0.3, -0.25) is 14.4 Å². The second-order valence-electron chi connectivity index (χ2n) is 7.74. The van der Waals surface area contributed by atoms with Crippen molar-refractivity contribution in [1.82, 2.24) is 4.90 Å². The number of benzene rings is 2. The van der Waals surface area contributed by atoms with E-state index in [1.807, 2.05) is 0 Å². The van der Waals surface area contributed by atoms with Crippen LogP contribution in [0.4, 0.5) is 4.39 Å². The third-order valence-electron chi connectivity index (χ3n) is 5.70. The number of hydrogen-bond donors (Lipinski definition) is 0. The summed E-state index contributed by atoms with van der Waals surface area (Å²) >= 11 is 0. The largest absolute Gasteiger partial charge is 0.497 e. The van der Waals surface area contributed by atoms with E-state index < -0.39 is 11.4 Å². The van der Waals surface area contributed by atoms with Crippen LogP contribution in [0.15, 0.2) is 42.5 Å². The fraction of sp³-hybridized carbons (Fsp3) is 0.348. The van der Waals surface area contributed by atoms with Gasteiger partial charge in [0.15, 0.2) is 11.6 Å². The van der Waals surface area contributed by atoms with Gasteiger partial charge in [0.05, 0.1) is 25.6 Å². The van der Waals surface area contributed by atoms with E-state index in [4.69, 9.17) is 9.47 Å². The van der Waals surface area contributed by atoms with Crippen LogP contribution in [0, 0.1) is 5.82 Å². The molecule has 0 saturated carbocycles. The number of methoxy groups -OCH3 is 1. The molecule has 1 atom stereocenters. The third kappa shape index (κ3) is 3.92. The van der Waals surface area contributed by atoms with Gasteiger partial charge in [0, 0.05) is 31.4 Å². The van der Waals surface area contributed by atoms with Gasteiger partial charge in [-0.2, -0.15) is 0 Å². The van der Waals surface area contributed by atoms with Gasteiger partial charge in [-0.1, -0.05) is 0 Å². The summed E-state index contributed by atoms with van der Waals surface area (Å²) in [4.78, 5) is 39.2. The highest BCUT2D eigenvalue weighted by molar-refractivity contribution is 6.01. The Morgan fingerprint density at radius 1 is 1.17 bits per heavy atom. The van der Waals surface area contributed by atoms with E-state index in [2.05, 4.69) is 0 Å². The van der Waals surface area contributed by atoms with E-state index in [-0.39, 0.29) is 36.7 Å². The van der Waals surface area contributed by atoms with Gasteiger partial charge in [0.1, 0.15) is 22.9 Å². The predicted molar refractivity (Wildman–Crippen MR) is 106 cm³/mol. The summed E-state index contributed by atoms with van der Waals surface area (Å²) in [7, 11) is 1.54. The second kappa shape index (κ2) is 7.89. The normalized spacial score (nSPS) is 20.1. The number of carbonyl (C=O) groups is 3. The van der Waals surface area contributed by atoms with Gasteiger partial charge in [-0.25, -0.2) is 4.39 Å². The highest BCUT2D eigenvalue weighted by Gasteiger charge is 2.47. The molecule has 156 valence electrons. The molecule has 1 unspecified atom stereocenters. The summed E-state index contributed by atoms with van der Waals surface area (Å²) in [5.74, 6) is 0.301. The number of hydrogen-bond acceptors (Lipinski definition) is 5. The van der Waals surface area contributed by atoms with Crippen LogP contribution < -0.4 is 9.47 Å². The molecule has 0 N–H and O–H groups in total. The van der Waals surface area contributed by atoms with E-state index in [1.165, 1.54) is 24.3 Å². The van der Waals surface area contributed by atoms with Crippen LogP contribution in [0.1, 0.15) is 46.4 Å². The second-order valence-corrected chi connectivity index (χ2v) is 7.74. The monoisotopic (exact) mass is 411 g/mol. The lowest BCUT2D eigenvalue weighted by Crippen LogP contribution is -2.45. The third-order valence-corrected chi connectivity index (χ3v) is 5.70. The first-order valence-corrected chi connectivity index (χ1v) is 9.86. The SMILES string of the molecule is COc1ccc2c(c1)C(=O)CC1(CCN(C(=O)CCC(=O)c3ccc(F)cc3)C1)O2. The highest BCUT2D eigenvalue weighted by atomic mass is 19.1. The van der Waals surface area contributed by atoms with E-state index in [1.54, 1.807) is 30.2 Å². The van der Waals surface area contributed by atoms with Crippen LogP contribution in [0.5, 0.6) is 11.5 Å². The Balaban J connectivity index is 1.37. The number of halogens is 1. The highest BCUT2D eigenvalue weighted by Crippen LogP contribution is 2.40. The molecule has 2 aromatic carbocycles. The van der Waals surface area contributed by atoms with Crippen LogP contribution in [0.25, 0.3) is 0 Å². The molecular formula is C23H22FNO5. The van der Waals surface area contributed by atoms with Crippen molar-refractivity contribution in [1.29, 1.82) is 0 Å². The number of ether oxygens (including phenoxy) is 2. The molecule has 1 amide bonds. The molecule has 2 aromatic rings. The van der Waals surface area contributed by atoms with Crippen molar-refractivity contribution >= 4 is 17.5 Å². The van der Waals surface area contributed by atoms with Crippen LogP contribution >= 0.6 is 0 Å². The Morgan fingerprint density at radius 3 is 2.67 bits per heavy atom. The number of rotatable bonds is 5. The maximum Gasteiger partial charge on any atom is 0.223 e. The first-order valence-electron chi connectivity index (χ1n) is 9.86. The van der Waals surface area contributed by atoms with Crippen molar-refractivity contribution in [3.8, 4) is 11.5 Å². The number of fused-ring (bicyclic) bond motifs is 1. The van der Waals surface area contributed by atoms with E-state index in [0.29, 0.717) is 42.1 Å². The topological polar surface area (TPSA) is 72.9 Å². The van der Waals surface area contributed by atoms with Gasteiger partial charge in [0.25, 0.3) is 0 Å². The molecule has 0 aromatic heterocycles. The zero-order valence-electron chi connectivity index (χ0n) is 16.7. The fourth-order valence-corrected chi connectivity index (χ4v) is 4.04. The van der Waals surface area contributed by atoms with E-state index in [9.17, 15) is 18.8 Å². The molecule has 0 bridgehead atoms. The Kier molecular flexibility index (Phi) is 5.28. The van der Waals surface area contributed by atoms with Crippen LogP contribution in [-0.2, 0) is 4.79 Å². The Hall–Kier alpha value is -3.22. The number of carbonyl (C=O) groups excluding carboxylic acids is 3. The van der Waals surface area contributed by atoms with E-state index in [0.717, 1.165) is 0 Å². The molecule has 1 fully saturated rings. The Bertz CT molecular complexity index is 1000. The summed E-state index contributed by atoms with van der Waals surface area (Å²) in [5, 5.41) is 0. The lowest BCUT2D eigenvalue weighted by molar-refractivity contribution is -0.130. The van der Waals surface area contributed by atoms with Crippen LogP contribution in [-0.4, -0.2) is 48.2 Å². The molecule has 2 aliphatic rings. The minimum Gasteiger partial charge on any atom is -0.497 e. The summed E-state index contributed by atoms with van der Waals surface area (Å²) < 4.78 is 24.3. The summed E-state index contributed by atoms with van der Waals surface area (Å²) in [6.45, 7) is 0.788. The van der Waals surface area contributed by atoms with Gasteiger partial charge in [-0.15, -0.1) is 0 Å². The average molecular weight is 411 g/mol. The minimum absolute atomic E-state index is 0.0315. The summed E-state index contributed by atoms with van der Waals surface area (Å²) in [5.41, 5.74) is 0.153. The van der Waals surface area contributed by atoms with Crippen LogP contribution in [0.3, 0.4) is 0 Å². The van der Waals surface area contributed by atoms with Gasteiger partial charge in [0.2, 0.25) is 5.91 Å². The van der Waals surface area contributed by atoms with Crippen molar-refractivity contribution < 1.29 is 28.2 Å². The number of Topliss-reactive ketones (excluding diaryl/α,β-unsaturated/α-hetero) is 2. The number of likely N-dealkylation sites (tertiary alicyclic amines) is 1. The van der Waals surface area contributed by atoms with Crippen molar-refractivity contribution in [2.24, 2.45) is 0 Å². The Labute approximate surface area is 173 Å². The number of nitrogens with zero attached hydrogens (tertiary/aromatic N) is 1. The standard InChI is InChI=1S/C23H22FNO5/c1-29-17-6-8-21-18(12-17)20(27)13-23(30-21)10-11-25(14-23)22(28)9-7-19(26)15-2-4-16(24)5-3-15/h2-6,8,12H,7,9-11,13-14H2,1H3. The zero-order valence-corrected chi connectivity index (χ0v) is 16.7. The van der Waals surface area contributed by atoms with Crippen molar-refractivity contribution in [2.45, 2.75) is 31.3 Å². The first kappa shape index (κ1) is 20.1. The smallest absolute Gasteiger partial charge is 0.223 e. The zero-order chi connectivity index (χ0) is 21.3. The molecule has 1 saturated heterocycles. The lowest BCUT2D eigenvalue weighted by atomic mass is 9.89. The van der Waals surface area contributed by atoms with Crippen molar-refractivity contribution in [2.75, 3.05) is 20.2 Å². The molecule has 0 aliphatic carbocycles. The minimum atomic E-state index is -0.727. The molecule has 2 heterocycles. The van der Waals surface area contributed by atoms with Crippen LogP contribution in [0.2, 0.25) is 0 Å². The summed E-state index contributed by atoms with van der Waals surface area (Å²) in [6.07, 6.45) is 0.873. The molecular weight excluding hydrogens is 389 g/mol. The van der Waals surface area contributed by atoms with Gasteiger partial charge < -0.3 is 14.4 Å². The first-order chi connectivity index (χ1) is 14.4. The quantitative estimate of drug-likeness (QED) is 0.705. The molecule has 2 aliphatic heterocycles. The van der Waals surface area contributed by atoms with Crippen molar-refractivity contribution in [3.63, 3.8) is 0 Å². The van der Waals surface area contributed by atoms with E-state index >= 15 is 0 Å². The maximum absolute atomic E-state index is 13.0. The number of amides is 1. The number of ketones is 2. The Morgan fingerprint density at radius 2 is 1.93 bits per heavy atom. The molecule has 4 rings (SSSR count). The van der Waals surface area contributed by atoms with Gasteiger partial charge in [-0.05, 0) is 42.5 Å². The molecule has 1 spiro atoms. The lowest BCUT2D eigenvalue weighted by Gasteiger charge is -2.34. The molecule has 0 radical (unpaired) electrons. The predicted octanol–water partition coefficient (Wildman–Crippen LogP) is 3.43. The van der Waals surface area contributed by atoms with Crippen molar-refractivity contribution in [3.05, 3.63) is 59.4 Å². The van der Waals surface area contributed by atoms with Gasteiger partial charge >= 0.3 is 0 Å². The fourth-order valence-electron chi connectivity index (χ4n) is 4.04.